The molecule has 0 aromatic heterocycles. The first-order valence-electron chi connectivity index (χ1n) is 10.3. The summed E-state index contributed by atoms with van der Waals surface area (Å²) >= 11 is 1.44. The molecule has 0 N–H and O–H groups in total. The maximum absolute atomic E-state index is 13.4. The van der Waals surface area contributed by atoms with E-state index >= 15 is 0 Å². The van der Waals surface area contributed by atoms with Crippen LogP contribution in [0, 0.1) is 19.8 Å². The molecule has 0 unspecified atom stereocenters. The number of anilines is 1. The van der Waals surface area contributed by atoms with Crippen LogP contribution in [0.25, 0.3) is 5.57 Å². The summed E-state index contributed by atoms with van der Waals surface area (Å²) < 4.78 is 5.76. The molecule has 1 aliphatic heterocycles. The molecule has 0 radical (unpaired) electrons. The molecule has 0 spiro atoms. The van der Waals surface area contributed by atoms with Gasteiger partial charge in [0.1, 0.15) is 5.75 Å². The lowest BCUT2D eigenvalue weighted by Gasteiger charge is -2.18. The normalized spacial score (nSPS) is 14.5. The van der Waals surface area contributed by atoms with Gasteiger partial charge in [0.15, 0.2) is 0 Å². The third-order valence-corrected chi connectivity index (χ3v) is 5.80. The predicted molar refractivity (Wildman–Crippen MR) is 125 cm³/mol. The number of carbonyl (C=O) groups excluding carboxylic acids is 2. The maximum atomic E-state index is 13.4. The van der Waals surface area contributed by atoms with Crippen molar-refractivity contribution in [3.8, 4) is 5.75 Å². The number of benzene rings is 2. The number of hydrogen-bond donors (Lipinski definition) is 0. The van der Waals surface area contributed by atoms with Crippen LogP contribution in [0.15, 0.2) is 47.4 Å². The summed E-state index contributed by atoms with van der Waals surface area (Å²) in [6.07, 6.45) is 0. The zero-order valence-corrected chi connectivity index (χ0v) is 19.3. The lowest BCUT2D eigenvalue weighted by Crippen LogP contribution is -2.32. The third-order valence-electron chi connectivity index (χ3n) is 4.71. The number of carbonyl (C=O) groups is 2. The van der Waals surface area contributed by atoms with Gasteiger partial charge in [0.2, 0.25) is 0 Å². The predicted octanol–water partition coefficient (Wildman–Crippen LogP) is 5.76. The molecule has 1 heterocycles. The van der Waals surface area contributed by atoms with Crippen LogP contribution >= 0.6 is 11.8 Å². The van der Waals surface area contributed by atoms with E-state index in [4.69, 9.17) is 4.74 Å². The second-order valence-corrected chi connectivity index (χ2v) is 9.92. The van der Waals surface area contributed by atoms with E-state index in [9.17, 15) is 9.59 Å². The zero-order valence-electron chi connectivity index (χ0n) is 18.5. The minimum absolute atomic E-state index is 0.180. The van der Waals surface area contributed by atoms with E-state index in [1.54, 1.807) is 0 Å². The highest BCUT2D eigenvalue weighted by molar-refractivity contribution is 8.04. The molecule has 0 fully saturated rings. The second-order valence-electron chi connectivity index (χ2n) is 8.34. The van der Waals surface area contributed by atoms with E-state index in [0.29, 0.717) is 28.7 Å². The van der Waals surface area contributed by atoms with E-state index < -0.39 is 0 Å². The minimum Gasteiger partial charge on any atom is -0.493 e. The number of thioether (sulfide) groups is 1. The number of ether oxygens (including phenoxy) is 1. The van der Waals surface area contributed by atoms with Gasteiger partial charge in [-0.1, -0.05) is 57.5 Å². The van der Waals surface area contributed by atoms with Crippen LogP contribution in [0.5, 0.6) is 5.75 Å². The van der Waals surface area contributed by atoms with Crippen molar-refractivity contribution in [2.45, 2.75) is 46.8 Å². The lowest BCUT2D eigenvalue weighted by atomic mass is 10.1. The monoisotopic (exact) mass is 423 g/mol. The first kappa shape index (κ1) is 22.2. The summed E-state index contributed by atoms with van der Waals surface area (Å²) in [5.74, 6) is 0.669. The van der Waals surface area contributed by atoms with Gasteiger partial charge in [-0.25, -0.2) is 4.90 Å². The summed E-state index contributed by atoms with van der Waals surface area (Å²) in [5.41, 5.74) is 3.85. The molecule has 2 aromatic carbocycles. The van der Waals surface area contributed by atoms with Crippen LogP contribution in [0.1, 0.15) is 44.4 Å². The summed E-state index contributed by atoms with van der Waals surface area (Å²) in [6.45, 7) is 12.8. The fourth-order valence-corrected chi connectivity index (χ4v) is 4.35. The molecule has 158 valence electrons. The van der Waals surface area contributed by atoms with E-state index in [1.165, 1.54) is 16.7 Å². The Morgan fingerprint density at radius 3 is 2.17 bits per heavy atom. The number of nitrogens with zero attached hydrogens (tertiary/aromatic N) is 1. The number of imide groups is 1. The Morgan fingerprint density at radius 2 is 1.60 bits per heavy atom. The average molecular weight is 424 g/mol. The summed E-state index contributed by atoms with van der Waals surface area (Å²) in [7, 11) is 0. The van der Waals surface area contributed by atoms with Gasteiger partial charge in [-0.15, -0.1) is 11.8 Å². The van der Waals surface area contributed by atoms with Gasteiger partial charge in [0.05, 0.1) is 22.8 Å². The maximum Gasteiger partial charge on any atom is 0.272 e. The third kappa shape index (κ3) is 4.62. The van der Waals surface area contributed by atoms with Gasteiger partial charge < -0.3 is 4.74 Å². The quantitative estimate of drug-likeness (QED) is 0.531. The summed E-state index contributed by atoms with van der Waals surface area (Å²) in [4.78, 5) is 28.6. The van der Waals surface area contributed by atoms with Crippen molar-refractivity contribution in [2.24, 2.45) is 5.92 Å². The largest absolute Gasteiger partial charge is 0.493 e. The molecular formula is C25H29NO3S. The van der Waals surface area contributed by atoms with Gasteiger partial charge in [-0.3, -0.25) is 9.59 Å². The molecule has 0 saturated carbocycles. The van der Waals surface area contributed by atoms with Crippen molar-refractivity contribution in [3.63, 3.8) is 0 Å². The van der Waals surface area contributed by atoms with E-state index in [1.807, 2.05) is 70.2 Å². The Kier molecular flexibility index (Phi) is 6.71. The van der Waals surface area contributed by atoms with Gasteiger partial charge in [0.25, 0.3) is 11.8 Å². The molecule has 0 saturated heterocycles. The first-order valence-corrected chi connectivity index (χ1v) is 11.2. The molecule has 3 rings (SSSR count). The van der Waals surface area contributed by atoms with Gasteiger partial charge in [-0.2, -0.15) is 0 Å². The SMILES string of the molecule is Cc1ccc(N2C(=O)C(SC(C)C)=C(c3ccc(OCC(C)C)cc3)C2=O)c(C)c1. The summed E-state index contributed by atoms with van der Waals surface area (Å²) in [5, 5.41) is 0.180. The standard InChI is InChI=1S/C25H29NO3S/c1-15(2)14-29-20-10-8-19(9-11-20)22-23(30-16(3)4)25(28)26(24(22)27)21-12-7-17(5)13-18(21)6/h7-13,15-16H,14H2,1-6H3. The Labute approximate surface area is 183 Å². The molecule has 2 amide bonds. The van der Waals surface area contributed by atoms with Crippen molar-refractivity contribution >= 4 is 34.8 Å². The molecule has 4 nitrogen and oxygen atoms in total. The molecule has 0 atom stereocenters. The van der Waals surface area contributed by atoms with Crippen molar-refractivity contribution in [3.05, 3.63) is 64.1 Å². The minimum atomic E-state index is -0.272. The summed E-state index contributed by atoms with van der Waals surface area (Å²) in [6, 6.07) is 13.2. The van der Waals surface area contributed by atoms with Crippen molar-refractivity contribution in [1.82, 2.24) is 0 Å². The Balaban J connectivity index is 2.00. The topological polar surface area (TPSA) is 46.6 Å². The number of rotatable bonds is 7. The van der Waals surface area contributed by atoms with Crippen LogP contribution < -0.4 is 9.64 Å². The van der Waals surface area contributed by atoms with Crippen LogP contribution in [0.3, 0.4) is 0 Å². The van der Waals surface area contributed by atoms with Crippen LogP contribution in [0.4, 0.5) is 5.69 Å². The zero-order chi connectivity index (χ0) is 22.0. The smallest absolute Gasteiger partial charge is 0.272 e. The van der Waals surface area contributed by atoms with Crippen molar-refractivity contribution in [2.75, 3.05) is 11.5 Å². The first-order chi connectivity index (χ1) is 14.2. The molecule has 1 aliphatic rings. The second kappa shape index (κ2) is 9.09. The van der Waals surface area contributed by atoms with E-state index in [2.05, 4.69) is 13.8 Å². The lowest BCUT2D eigenvalue weighted by molar-refractivity contribution is -0.119. The van der Waals surface area contributed by atoms with Gasteiger partial charge in [-0.05, 0) is 49.1 Å². The molecule has 30 heavy (non-hydrogen) atoms. The number of hydrogen-bond acceptors (Lipinski definition) is 4. The van der Waals surface area contributed by atoms with Gasteiger partial charge >= 0.3 is 0 Å². The fourth-order valence-electron chi connectivity index (χ4n) is 3.37. The highest BCUT2D eigenvalue weighted by Crippen LogP contribution is 2.41. The van der Waals surface area contributed by atoms with Gasteiger partial charge in [0, 0.05) is 5.25 Å². The van der Waals surface area contributed by atoms with Crippen LogP contribution in [-0.2, 0) is 9.59 Å². The van der Waals surface area contributed by atoms with Crippen LogP contribution in [0.2, 0.25) is 0 Å². The Hall–Kier alpha value is -2.53. The Morgan fingerprint density at radius 1 is 0.933 bits per heavy atom. The highest BCUT2D eigenvalue weighted by atomic mass is 32.2. The molecule has 2 aromatic rings. The highest BCUT2D eigenvalue weighted by Gasteiger charge is 2.41. The van der Waals surface area contributed by atoms with Crippen molar-refractivity contribution < 1.29 is 14.3 Å². The molecule has 0 aliphatic carbocycles. The number of amides is 2. The molecule has 5 heteroatoms. The van der Waals surface area contributed by atoms with Crippen LogP contribution in [-0.4, -0.2) is 23.7 Å². The Bertz CT molecular complexity index is 990. The van der Waals surface area contributed by atoms with Crippen molar-refractivity contribution in [1.29, 1.82) is 0 Å². The van der Waals surface area contributed by atoms with E-state index in [-0.39, 0.29) is 17.1 Å². The average Bonchev–Trinajstić information content (AvgIpc) is 2.90. The fraction of sp³-hybridized carbons (Fsp3) is 0.360. The number of aryl methyl sites for hydroxylation is 2. The molecular weight excluding hydrogens is 394 g/mol. The molecule has 0 bridgehead atoms. The van der Waals surface area contributed by atoms with E-state index in [0.717, 1.165) is 22.4 Å².